The average molecular weight is 199 g/mol. The third-order valence-electron chi connectivity index (χ3n) is 1.84. The lowest BCUT2D eigenvalue weighted by atomic mass is 10.0. The number of rotatable bonds is 1. The molecular formula is C6H11ClO5. The second kappa shape index (κ2) is 3.87. The number of ether oxygens (including phenoxy) is 1. The monoisotopic (exact) mass is 198 g/mol. The molecule has 12 heavy (non-hydrogen) atoms. The van der Waals surface area contributed by atoms with Crippen LogP contribution in [0.1, 0.15) is 0 Å². The van der Waals surface area contributed by atoms with Crippen molar-refractivity contribution >= 4 is 11.6 Å². The fourth-order valence-electron chi connectivity index (χ4n) is 1.06. The Kier molecular flexibility index (Phi) is 3.28. The molecule has 0 aromatic carbocycles. The summed E-state index contributed by atoms with van der Waals surface area (Å²) in [5.41, 5.74) is 0. The predicted octanol–water partition coefficient (Wildman–Crippen LogP) is -1.97. The van der Waals surface area contributed by atoms with Crippen LogP contribution in [0.25, 0.3) is 0 Å². The van der Waals surface area contributed by atoms with Gasteiger partial charge in [-0.1, -0.05) is 0 Å². The van der Waals surface area contributed by atoms with Gasteiger partial charge in [0.15, 0.2) is 6.29 Å². The van der Waals surface area contributed by atoms with Crippen molar-refractivity contribution in [1.29, 1.82) is 0 Å². The fraction of sp³-hybridized carbons (Fsp3) is 1.00. The summed E-state index contributed by atoms with van der Waals surface area (Å²) in [5.74, 6) is -0.0536. The summed E-state index contributed by atoms with van der Waals surface area (Å²) >= 11 is 5.36. The largest absolute Gasteiger partial charge is 0.388 e. The SMILES string of the molecule is OC1OC(CCl)[C@H](O)C(O)[C@H]1O. The summed E-state index contributed by atoms with van der Waals surface area (Å²) in [6, 6.07) is 0. The van der Waals surface area contributed by atoms with Gasteiger partial charge in [0.05, 0.1) is 5.88 Å². The Labute approximate surface area is 74.2 Å². The van der Waals surface area contributed by atoms with Gasteiger partial charge < -0.3 is 25.2 Å². The first kappa shape index (κ1) is 10.2. The second-order valence-corrected chi connectivity index (χ2v) is 3.00. The maximum absolute atomic E-state index is 9.20. The highest BCUT2D eigenvalue weighted by Gasteiger charge is 2.42. The Morgan fingerprint density at radius 3 is 2.08 bits per heavy atom. The first-order valence-electron chi connectivity index (χ1n) is 3.51. The highest BCUT2D eigenvalue weighted by atomic mass is 35.5. The molecule has 0 saturated carbocycles. The van der Waals surface area contributed by atoms with Crippen LogP contribution in [0, 0.1) is 0 Å². The molecule has 1 fully saturated rings. The lowest BCUT2D eigenvalue weighted by Gasteiger charge is -2.37. The van der Waals surface area contributed by atoms with E-state index in [0.717, 1.165) is 0 Å². The molecule has 0 bridgehead atoms. The molecule has 1 heterocycles. The summed E-state index contributed by atoms with van der Waals surface area (Å²) < 4.78 is 4.69. The van der Waals surface area contributed by atoms with Crippen LogP contribution in [0.3, 0.4) is 0 Å². The van der Waals surface area contributed by atoms with Crippen LogP contribution < -0.4 is 0 Å². The molecule has 0 radical (unpaired) electrons. The summed E-state index contributed by atoms with van der Waals surface area (Å²) in [4.78, 5) is 0. The average Bonchev–Trinajstić information content (AvgIpc) is 2.08. The number of alkyl halides is 1. The normalized spacial score (nSPS) is 49.2. The van der Waals surface area contributed by atoms with Crippen LogP contribution in [0.2, 0.25) is 0 Å². The lowest BCUT2D eigenvalue weighted by molar-refractivity contribution is -0.276. The molecule has 3 unspecified atom stereocenters. The second-order valence-electron chi connectivity index (χ2n) is 2.69. The first-order chi connectivity index (χ1) is 5.57. The molecule has 1 saturated heterocycles. The van der Waals surface area contributed by atoms with Crippen LogP contribution >= 0.6 is 11.6 Å². The zero-order valence-electron chi connectivity index (χ0n) is 6.17. The minimum absolute atomic E-state index is 0.0536. The highest BCUT2D eigenvalue weighted by molar-refractivity contribution is 6.18. The smallest absolute Gasteiger partial charge is 0.184 e. The van der Waals surface area contributed by atoms with Crippen LogP contribution in [0.5, 0.6) is 0 Å². The van der Waals surface area contributed by atoms with Gasteiger partial charge in [0.2, 0.25) is 0 Å². The number of halogens is 1. The van der Waals surface area contributed by atoms with Crippen LogP contribution in [0.15, 0.2) is 0 Å². The lowest BCUT2D eigenvalue weighted by Crippen LogP contribution is -2.57. The van der Waals surface area contributed by atoms with E-state index >= 15 is 0 Å². The van der Waals surface area contributed by atoms with Gasteiger partial charge in [-0.05, 0) is 0 Å². The van der Waals surface area contributed by atoms with Crippen molar-refractivity contribution in [3.8, 4) is 0 Å². The van der Waals surface area contributed by atoms with Crippen molar-refractivity contribution in [1.82, 2.24) is 0 Å². The van der Waals surface area contributed by atoms with E-state index in [1.54, 1.807) is 0 Å². The fourth-order valence-corrected chi connectivity index (χ4v) is 1.31. The molecule has 6 heteroatoms. The van der Waals surface area contributed by atoms with E-state index in [1.165, 1.54) is 0 Å². The van der Waals surface area contributed by atoms with Gasteiger partial charge in [0.1, 0.15) is 24.4 Å². The van der Waals surface area contributed by atoms with Crippen LogP contribution in [-0.4, -0.2) is 57.0 Å². The van der Waals surface area contributed by atoms with Crippen molar-refractivity contribution in [2.45, 2.75) is 30.7 Å². The van der Waals surface area contributed by atoms with Crippen molar-refractivity contribution in [2.75, 3.05) is 5.88 Å². The Balaban J connectivity index is 2.63. The summed E-state index contributed by atoms with van der Waals surface area (Å²) in [5, 5.41) is 36.3. The number of hydrogen-bond donors (Lipinski definition) is 4. The van der Waals surface area contributed by atoms with E-state index in [1.807, 2.05) is 0 Å². The molecule has 0 aromatic rings. The minimum atomic E-state index is -1.49. The van der Waals surface area contributed by atoms with Crippen molar-refractivity contribution in [2.24, 2.45) is 0 Å². The molecular weight excluding hydrogens is 188 g/mol. The van der Waals surface area contributed by atoms with E-state index < -0.39 is 30.7 Å². The molecule has 1 rings (SSSR count). The molecule has 1 aliphatic heterocycles. The van der Waals surface area contributed by atoms with Gasteiger partial charge in [-0.3, -0.25) is 0 Å². The van der Waals surface area contributed by atoms with Gasteiger partial charge in [-0.15, -0.1) is 11.6 Å². The number of hydrogen-bond acceptors (Lipinski definition) is 5. The van der Waals surface area contributed by atoms with Crippen LogP contribution in [0.4, 0.5) is 0 Å². The van der Waals surface area contributed by atoms with Crippen molar-refractivity contribution in [3.63, 3.8) is 0 Å². The van der Waals surface area contributed by atoms with E-state index in [-0.39, 0.29) is 5.88 Å². The number of aliphatic hydroxyl groups is 4. The molecule has 0 aromatic heterocycles. The third kappa shape index (κ3) is 1.71. The van der Waals surface area contributed by atoms with E-state index in [0.29, 0.717) is 0 Å². The molecule has 0 amide bonds. The molecule has 5 atom stereocenters. The molecule has 0 aliphatic carbocycles. The topological polar surface area (TPSA) is 90.2 Å². The molecule has 4 N–H and O–H groups in total. The highest BCUT2D eigenvalue weighted by Crippen LogP contribution is 2.20. The molecule has 1 aliphatic rings. The summed E-state index contributed by atoms with van der Waals surface area (Å²) in [6.45, 7) is 0. The Morgan fingerprint density at radius 1 is 1.00 bits per heavy atom. The predicted molar refractivity (Wildman–Crippen MR) is 39.6 cm³/mol. The maximum atomic E-state index is 9.20. The number of aliphatic hydroxyl groups excluding tert-OH is 4. The van der Waals surface area contributed by atoms with Gasteiger partial charge >= 0.3 is 0 Å². The van der Waals surface area contributed by atoms with E-state index in [9.17, 15) is 5.11 Å². The Bertz CT molecular complexity index is 150. The molecule has 72 valence electrons. The molecule has 5 nitrogen and oxygen atoms in total. The summed E-state index contributed by atoms with van der Waals surface area (Å²) in [6.07, 6.45) is -6.51. The minimum Gasteiger partial charge on any atom is -0.388 e. The van der Waals surface area contributed by atoms with Gasteiger partial charge in [0.25, 0.3) is 0 Å². The summed E-state index contributed by atoms with van der Waals surface area (Å²) in [7, 11) is 0. The quantitative estimate of drug-likeness (QED) is 0.367. The third-order valence-corrected chi connectivity index (χ3v) is 2.14. The zero-order valence-corrected chi connectivity index (χ0v) is 6.92. The first-order valence-corrected chi connectivity index (χ1v) is 4.05. The van der Waals surface area contributed by atoms with Gasteiger partial charge in [-0.2, -0.15) is 0 Å². The van der Waals surface area contributed by atoms with E-state index in [4.69, 9.17) is 31.7 Å². The van der Waals surface area contributed by atoms with Crippen molar-refractivity contribution < 1.29 is 25.2 Å². The van der Waals surface area contributed by atoms with Crippen molar-refractivity contribution in [3.05, 3.63) is 0 Å². The maximum Gasteiger partial charge on any atom is 0.184 e. The Morgan fingerprint density at radius 2 is 1.58 bits per heavy atom. The Hall–Kier alpha value is 0.0900. The van der Waals surface area contributed by atoms with Gasteiger partial charge in [-0.25, -0.2) is 0 Å². The molecule has 0 spiro atoms. The van der Waals surface area contributed by atoms with Crippen LogP contribution in [-0.2, 0) is 4.74 Å². The zero-order chi connectivity index (χ0) is 9.30. The standard InChI is InChI=1S/C6H11ClO5/c7-1-2-3(8)4(9)5(10)6(11)12-2/h2-6,8-11H,1H2/t2?,3-,4?,5+,6?/m0/s1. The van der Waals surface area contributed by atoms with Gasteiger partial charge in [0, 0.05) is 0 Å². The van der Waals surface area contributed by atoms with E-state index in [2.05, 4.69) is 0 Å².